The Morgan fingerprint density at radius 3 is 2.28 bits per heavy atom. The summed E-state index contributed by atoms with van der Waals surface area (Å²) in [5, 5.41) is 10.8. The summed E-state index contributed by atoms with van der Waals surface area (Å²) in [4.78, 5) is 18.9. The van der Waals surface area contributed by atoms with Crippen LogP contribution in [0.2, 0.25) is 0 Å². The van der Waals surface area contributed by atoms with Gasteiger partial charge in [-0.2, -0.15) is 4.98 Å². The quantitative estimate of drug-likeness (QED) is 0.398. The molecule has 168 valence electrons. The number of anilines is 4. The van der Waals surface area contributed by atoms with Crippen LogP contribution in [0, 0.1) is 19.7 Å². The molecule has 0 aliphatic rings. The number of aryl methyl sites for hydroxylation is 2. The molecule has 1 aromatic heterocycles. The van der Waals surface area contributed by atoms with Crippen LogP contribution < -0.4 is 26.2 Å². The number of ether oxygens (including phenoxy) is 1. The molecule has 0 atom stereocenters. The molecule has 0 fully saturated rings. The van der Waals surface area contributed by atoms with Crippen LogP contribution in [-0.4, -0.2) is 30.9 Å². The van der Waals surface area contributed by atoms with Crippen LogP contribution in [-0.2, 0) is 14.8 Å². The lowest BCUT2D eigenvalue weighted by molar-refractivity contribution is -0.119. The molecule has 1 heterocycles. The van der Waals surface area contributed by atoms with E-state index in [1.807, 2.05) is 0 Å². The zero-order valence-electron chi connectivity index (χ0n) is 17.2. The van der Waals surface area contributed by atoms with Crippen molar-refractivity contribution in [3.63, 3.8) is 0 Å². The zero-order valence-corrected chi connectivity index (χ0v) is 18.0. The summed E-state index contributed by atoms with van der Waals surface area (Å²) in [5.41, 5.74) is 7.58. The predicted octanol–water partition coefficient (Wildman–Crippen LogP) is 2.23. The van der Waals surface area contributed by atoms with E-state index in [4.69, 9.17) is 15.6 Å². The minimum Gasteiger partial charge on any atom is -0.483 e. The van der Waals surface area contributed by atoms with Crippen LogP contribution in [0.1, 0.15) is 11.1 Å². The summed E-state index contributed by atoms with van der Waals surface area (Å²) >= 11 is 0. The number of sulfonamides is 1. The number of nitrogens with zero attached hydrogens (tertiary/aromatic N) is 2. The van der Waals surface area contributed by atoms with Gasteiger partial charge in [-0.25, -0.2) is 22.9 Å². The first-order valence-corrected chi connectivity index (χ1v) is 10.8. The lowest BCUT2D eigenvalue weighted by atomic mass is 10.1. The third-order valence-electron chi connectivity index (χ3n) is 4.26. The van der Waals surface area contributed by atoms with E-state index >= 15 is 0 Å². The van der Waals surface area contributed by atoms with Crippen molar-refractivity contribution in [2.45, 2.75) is 18.7 Å². The van der Waals surface area contributed by atoms with E-state index in [0.29, 0.717) is 17.1 Å². The highest BCUT2D eigenvalue weighted by molar-refractivity contribution is 7.89. The smallest absolute Gasteiger partial charge is 0.255 e. The fourth-order valence-electron chi connectivity index (χ4n) is 2.90. The number of rotatable bonds is 8. The minimum absolute atomic E-state index is 0.0422. The van der Waals surface area contributed by atoms with E-state index in [2.05, 4.69) is 20.6 Å². The Hall–Kier alpha value is -3.77. The average Bonchev–Trinajstić information content (AvgIpc) is 2.69. The van der Waals surface area contributed by atoms with E-state index in [-0.39, 0.29) is 23.3 Å². The van der Waals surface area contributed by atoms with Crippen LogP contribution in [0.15, 0.2) is 47.5 Å². The van der Waals surface area contributed by atoms with E-state index in [1.54, 1.807) is 26.0 Å². The Bertz CT molecular complexity index is 1240. The summed E-state index contributed by atoms with van der Waals surface area (Å²) < 4.78 is 42.4. The first-order chi connectivity index (χ1) is 15.0. The Balaban J connectivity index is 1.80. The molecule has 3 aromatic rings. The van der Waals surface area contributed by atoms with E-state index in [1.165, 1.54) is 24.3 Å². The first kappa shape index (κ1) is 22.9. The van der Waals surface area contributed by atoms with Crippen molar-refractivity contribution in [1.29, 1.82) is 0 Å². The SMILES string of the molecule is Cc1cc(Nc2nc(Nc3ccc(S(N)(=O)=O)cc3)ncc2F)cc(C)c1OCC(N)=O. The van der Waals surface area contributed by atoms with E-state index in [0.717, 1.165) is 17.3 Å². The van der Waals surface area contributed by atoms with Gasteiger partial charge in [-0.15, -0.1) is 0 Å². The molecule has 0 unspecified atom stereocenters. The highest BCUT2D eigenvalue weighted by Gasteiger charge is 2.12. The minimum atomic E-state index is -3.81. The number of nitrogens with two attached hydrogens (primary N) is 2. The molecular formula is C20H21FN6O4S. The van der Waals surface area contributed by atoms with Crippen molar-refractivity contribution in [3.8, 4) is 5.75 Å². The molecule has 0 bridgehead atoms. The fraction of sp³-hybridized carbons (Fsp3) is 0.150. The van der Waals surface area contributed by atoms with Gasteiger partial charge in [0, 0.05) is 11.4 Å². The Labute approximate surface area is 183 Å². The number of hydrogen-bond donors (Lipinski definition) is 4. The molecule has 32 heavy (non-hydrogen) atoms. The summed E-state index contributed by atoms with van der Waals surface area (Å²) in [6.07, 6.45) is 1.00. The second kappa shape index (κ2) is 9.16. The van der Waals surface area contributed by atoms with Gasteiger partial charge in [0.05, 0.1) is 11.1 Å². The average molecular weight is 460 g/mol. The molecule has 0 aliphatic carbocycles. The molecule has 0 spiro atoms. The summed E-state index contributed by atoms with van der Waals surface area (Å²) in [6, 6.07) is 9.05. The van der Waals surface area contributed by atoms with E-state index in [9.17, 15) is 17.6 Å². The summed E-state index contributed by atoms with van der Waals surface area (Å²) in [5.74, 6) is -0.735. The zero-order chi connectivity index (χ0) is 23.5. The third-order valence-corrected chi connectivity index (χ3v) is 5.19. The number of nitrogens with one attached hydrogen (secondary N) is 2. The number of primary sulfonamides is 1. The Kier molecular flexibility index (Phi) is 6.55. The fourth-order valence-corrected chi connectivity index (χ4v) is 3.42. The van der Waals surface area contributed by atoms with Crippen LogP contribution in [0.4, 0.5) is 27.5 Å². The number of amides is 1. The van der Waals surface area contributed by atoms with Gasteiger partial charge in [-0.3, -0.25) is 4.79 Å². The largest absolute Gasteiger partial charge is 0.483 e. The van der Waals surface area contributed by atoms with Gasteiger partial charge in [-0.05, 0) is 61.4 Å². The van der Waals surface area contributed by atoms with Crippen LogP contribution >= 0.6 is 0 Å². The van der Waals surface area contributed by atoms with Crippen molar-refractivity contribution < 1.29 is 22.3 Å². The molecule has 12 heteroatoms. The molecule has 10 nitrogen and oxygen atoms in total. The lowest BCUT2D eigenvalue weighted by Gasteiger charge is -2.14. The summed E-state index contributed by atoms with van der Waals surface area (Å²) in [6.45, 7) is 3.31. The number of benzene rings is 2. The molecule has 0 aliphatic heterocycles. The lowest BCUT2D eigenvalue weighted by Crippen LogP contribution is -2.20. The number of primary amides is 1. The van der Waals surface area contributed by atoms with Crippen LogP contribution in [0.25, 0.3) is 0 Å². The van der Waals surface area contributed by atoms with Gasteiger partial charge < -0.3 is 21.1 Å². The predicted molar refractivity (Wildman–Crippen MR) is 117 cm³/mol. The topological polar surface area (TPSA) is 162 Å². The standard InChI is InChI=1S/C20H21FN6O4S/c1-11-7-14(8-12(2)18(11)31-10-17(22)28)25-19-16(21)9-24-20(27-19)26-13-3-5-15(6-4-13)32(23,29)30/h3-9H,10H2,1-2H3,(H2,22,28)(H2,23,29,30)(H2,24,25,26,27). The Morgan fingerprint density at radius 2 is 1.72 bits per heavy atom. The number of aromatic nitrogens is 2. The number of hydrogen-bond acceptors (Lipinski definition) is 8. The van der Waals surface area contributed by atoms with Gasteiger partial charge in [0.2, 0.25) is 16.0 Å². The normalized spacial score (nSPS) is 11.1. The highest BCUT2D eigenvalue weighted by atomic mass is 32.2. The van der Waals surface area contributed by atoms with Gasteiger partial charge in [0.1, 0.15) is 5.75 Å². The van der Waals surface area contributed by atoms with E-state index < -0.39 is 21.7 Å². The van der Waals surface area contributed by atoms with Crippen molar-refractivity contribution in [2.75, 3.05) is 17.2 Å². The van der Waals surface area contributed by atoms with Crippen LogP contribution in [0.5, 0.6) is 5.75 Å². The molecule has 0 saturated carbocycles. The molecule has 0 saturated heterocycles. The number of carbonyl (C=O) groups excluding carboxylic acids is 1. The number of halogens is 1. The monoisotopic (exact) mass is 460 g/mol. The molecule has 1 amide bonds. The van der Waals surface area contributed by atoms with Crippen molar-refractivity contribution >= 4 is 39.1 Å². The maximum Gasteiger partial charge on any atom is 0.255 e. The first-order valence-electron chi connectivity index (χ1n) is 9.25. The molecule has 6 N–H and O–H groups in total. The molecule has 2 aromatic carbocycles. The Morgan fingerprint density at radius 1 is 1.09 bits per heavy atom. The van der Waals surface area contributed by atoms with Gasteiger partial charge in [0.25, 0.3) is 5.91 Å². The van der Waals surface area contributed by atoms with Crippen LogP contribution in [0.3, 0.4) is 0 Å². The van der Waals surface area contributed by atoms with Crippen molar-refractivity contribution in [2.24, 2.45) is 10.9 Å². The van der Waals surface area contributed by atoms with Crippen molar-refractivity contribution in [1.82, 2.24) is 9.97 Å². The maximum atomic E-state index is 14.3. The summed E-state index contributed by atoms with van der Waals surface area (Å²) in [7, 11) is -3.81. The number of carbonyl (C=O) groups is 1. The molecule has 3 rings (SSSR count). The maximum absolute atomic E-state index is 14.3. The highest BCUT2D eigenvalue weighted by Crippen LogP contribution is 2.29. The third kappa shape index (κ3) is 5.68. The van der Waals surface area contributed by atoms with Gasteiger partial charge in [0.15, 0.2) is 18.2 Å². The van der Waals surface area contributed by atoms with Gasteiger partial charge in [-0.1, -0.05) is 0 Å². The van der Waals surface area contributed by atoms with Crippen molar-refractivity contribution in [3.05, 3.63) is 59.5 Å². The van der Waals surface area contributed by atoms with Gasteiger partial charge >= 0.3 is 0 Å². The molecule has 0 radical (unpaired) electrons. The second-order valence-corrected chi connectivity index (χ2v) is 8.47. The molecular weight excluding hydrogens is 439 g/mol. The second-order valence-electron chi connectivity index (χ2n) is 6.90.